The minimum absolute atomic E-state index is 0.162. The Morgan fingerprint density at radius 2 is 2.17 bits per heavy atom. The van der Waals surface area contributed by atoms with E-state index in [4.69, 9.17) is 10.5 Å². The maximum absolute atomic E-state index is 11.9. The lowest BCUT2D eigenvalue weighted by Crippen LogP contribution is -2.27. The molecular formula is C13H21N3O2. The van der Waals surface area contributed by atoms with E-state index in [1.54, 1.807) is 25.3 Å². The van der Waals surface area contributed by atoms with E-state index in [1.807, 2.05) is 14.1 Å². The highest BCUT2D eigenvalue weighted by Crippen LogP contribution is 2.19. The van der Waals surface area contributed by atoms with E-state index >= 15 is 0 Å². The van der Waals surface area contributed by atoms with Crippen LogP contribution in [0.3, 0.4) is 0 Å². The fourth-order valence-corrected chi connectivity index (χ4v) is 1.55. The monoisotopic (exact) mass is 251 g/mol. The minimum atomic E-state index is -0.162. The van der Waals surface area contributed by atoms with Crippen LogP contribution in [0.2, 0.25) is 0 Å². The van der Waals surface area contributed by atoms with E-state index in [0.29, 0.717) is 23.5 Å². The van der Waals surface area contributed by atoms with Crippen molar-refractivity contribution in [2.24, 2.45) is 0 Å². The van der Waals surface area contributed by atoms with Gasteiger partial charge in [0.2, 0.25) is 0 Å². The molecule has 1 amide bonds. The van der Waals surface area contributed by atoms with Crippen LogP contribution in [-0.4, -0.2) is 45.1 Å². The standard InChI is InChI=1S/C13H21N3O2/c1-16(2)8-4-7-15-13(17)11-9-10(18-3)5-6-12(11)14/h5-6,9H,4,7-8,14H2,1-3H3,(H,15,17). The first-order valence-electron chi connectivity index (χ1n) is 5.91. The summed E-state index contributed by atoms with van der Waals surface area (Å²) in [5.74, 6) is 0.466. The first kappa shape index (κ1) is 14.3. The van der Waals surface area contributed by atoms with Crippen molar-refractivity contribution in [1.29, 1.82) is 0 Å². The summed E-state index contributed by atoms with van der Waals surface area (Å²) in [6.07, 6.45) is 0.905. The van der Waals surface area contributed by atoms with Gasteiger partial charge in [-0.05, 0) is 45.3 Å². The Balaban J connectivity index is 2.55. The number of carbonyl (C=O) groups is 1. The number of nitrogen functional groups attached to an aromatic ring is 1. The third-order valence-electron chi connectivity index (χ3n) is 2.57. The molecule has 0 saturated heterocycles. The number of hydrogen-bond acceptors (Lipinski definition) is 4. The molecule has 3 N–H and O–H groups in total. The van der Waals surface area contributed by atoms with Crippen LogP contribution in [0.4, 0.5) is 5.69 Å². The molecule has 0 bridgehead atoms. The summed E-state index contributed by atoms with van der Waals surface area (Å²) in [5, 5.41) is 2.85. The van der Waals surface area contributed by atoms with Crippen LogP contribution in [-0.2, 0) is 0 Å². The molecule has 0 aliphatic rings. The summed E-state index contributed by atoms with van der Waals surface area (Å²) in [6, 6.07) is 5.06. The molecule has 0 saturated carbocycles. The Morgan fingerprint density at radius 3 is 2.78 bits per heavy atom. The van der Waals surface area contributed by atoms with Gasteiger partial charge in [0, 0.05) is 12.2 Å². The van der Waals surface area contributed by atoms with E-state index < -0.39 is 0 Å². The molecule has 0 spiro atoms. The molecule has 1 aromatic rings. The summed E-state index contributed by atoms with van der Waals surface area (Å²) in [6.45, 7) is 1.57. The zero-order valence-electron chi connectivity index (χ0n) is 11.2. The highest BCUT2D eigenvalue weighted by atomic mass is 16.5. The lowest BCUT2D eigenvalue weighted by atomic mass is 10.1. The topological polar surface area (TPSA) is 67.6 Å². The van der Waals surface area contributed by atoms with Gasteiger partial charge in [0.05, 0.1) is 12.7 Å². The lowest BCUT2D eigenvalue weighted by Gasteiger charge is -2.11. The van der Waals surface area contributed by atoms with Gasteiger partial charge in [-0.25, -0.2) is 0 Å². The average Bonchev–Trinajstić information content (AvgIpc) is 2.34. The van der Waals surface area contributed by atoms with Crippen molar-refractivity contribution < 1.29 is 9.53 Å². The average molecular weight is 251 g/mol. The number of nitrogens with two attached hydrogens (primary N) is 1. The number of hydrogen-bond donors (Lipinski definition) is 2. The number of methoxy groups -OCH3 is 1. The first-order valence-corrected chi connectivity index (χ1v) is 5.91. The SMILES string of the molecule is COc1ccc(N)c(C(=O)NCCCN(C)C)c1. The second-order valence-corrected chi connectivity index (χ2v) is 4.37. The number of nitrogens with one attached hydrogen (secondary N) is 1. The second kappa shape index (κ2) is 6.86. The van der Waals surface area contributed by atoms with Crippen molar-refractivity contribution in [3.8, 4) is 5.75 Å². The Bertz CT molecular complexity index is 405. The van der Waals surface area contributed by atoms with Crippen LogP contribution in [0, 0.1) is 0 Å². The van der Waals surface area contributed by atoms with Crippen molar-refractivity contribution in [2.75, 3.05) is 40.0 Å². The molecule has 0 aromatic heterocycles. The molecule has 5 nitrogen and oxygen atoms in total. The highest BCUT2D eigenvalue weighted by Gasteiger charge is 2.10. The summed E-state index contributed by atoms with van der Waals surface area (Å²) in [7, 11) is 5.56. The fraction of sp³-hybridized carbons (Fsp3) is 0.462. The fourth-order valence-electron chi connectivity index (χ4n) is 1.55. The number of rotatable bonds is 6. The van der Waals surface area contributed by atoms with Gasteiger partial charge in [-0.1, -0.05) is 0 Å². The summed E-state index contributed by atoms with van der Waals surface area (Å²) < 4.78 is 5.07. The normalized spacial score (nSPS) is 10.4. The molecule has 5 heteroatoms. The molecule has 0 radical (unpaired) electrons. The van der Waals surface area contributed by atoms with Gasteiger partial charge in [-0.15, -0.1) is 0 Å². The van der Waals surface area contributed by atoms with E-state index in [9.17, 15) is 4.79 Å². The van der Waals surface area contributed by atoms with Crippen molar-refractivity contribution in [3.05, 3.63) is 23.8 Å². The summed E-state index contributed by atoms with van der Waals surface area (Å²) >= 11 is 0. The molecule has 1 rings (SSSR count). The number of benzene rings is 1. The third-order valence-corrected chi connectivity index (χ3v) is 2.57. The maximum atomic E-state index is 11.9. The van der Waals surface area contributed by atoms with Crippen molar-refractivity contribution in [1.82, 2.24) is 10.2 Å². The van der Waals surface area contributed by atoms with Crippen LogP contribution in [0.25, 0.3) is 0 Å². The van der Waals surface area contributed by atoms with Gasteiger partial charge < -0.3 is 20.7 Å². The Labute approximate surface area is 108 Å². The highest BCUT2D eigenvalue weighted by molar-refractivity contribution is 5.99. The van der Waals surface area contributed by atoms with Gasteiger partial charge in [0.15, 0.2) is 0 Å². The smallest absolute Gasteiger partial charge is 0.253 e. The van der Waals surface area contributed by atoms with E-state index in [2.05, 4.69) is 10.2 Å². The van der Waals surface area contributed by atoms with Crippen molar-refractivity contribution in [2.45, 2.75) is 6.42 Å². The number of ether oxygens (including phenoxy) is 1. The zero-order valence-corrected chi connectivity index (χ0v) is 11.2. The molecule has 0 aliphatic carbocycles. The Kier molecular flexibility index (Phi) is 5.45. The van der Waals surface area contributed by atoms with Crippen molar-refractivity contribution >= 4 is 11.6 Å². The van der Waals surface area contributed by atoms with Gasteiger partial charge in [0.25, 0.3) is 5.91 Å². The molecule has 0 atom stereocenters. The Hall–Kier alpha value is -1.75. The molecular weight excluding hydrogens is 230 g/mol. The second-order valence-electron chi connectivity index (χ2n) is 4.37. The number of amides is 1. The lowest BCUT2D eigenvalue weighted by molar-refractivity contribution is 0.0953. The Morgan fingerprint density at radius 1 is 1.44 bits per heavy atom. The molecule has 0 heterocycles. The molecule has 0 aliphatic heterocycles. The van der Waals surface area contributed by atoms with Gasteiger partial charge in [-0.2, -0.15) is 0 Å². The predicted molar refractivity (Wildman–Crippen MR) is 72.9 cm³/mol. The van der Waals surface area contributed by atoms with E-state index in [-0.39, 0.29) is 5.91 Å². The number of nitrogens with zero attached hydrogens (tertiary/aromatic N) is 1. The molecule has 1 aromatic carbocycles. The van der Waals surface area contributed by atoms with Crippen LogP contribution >= 0.6 is 0 Å². The van der Waals surface area contributed by atoms with Gasteiger partial charge >= 0.3 is 0 Å². The zero-order chi connectivity index (χ0) is 13.5. The van der Waals surface area contributed by atoms with Crippen LogP contribution in [0.5, 0.6) is 5.75 Å². The third kappa shape index (κ3) is 4.25. The van der Waals surface area contributed by atoms with Gasteiger partial charge in [-0.3, -0.25) is 4.79 Å². The first-order chi connectivity index (χ1) is 8.54. The van der Waals surface area contributed by atoms with Crippen molar-refractivity contribution in [3.63, 3.8) is 0 Å². The quantitative estimate of drug-likeness (QED) is 0.583. The molecule has 100 valence electrons. The van der Waals surface area contributed by atoms with E-state index in [0.717, 1.165) is 13.0 Å². The summed E-state index contributed by atoms with van der Waals surface area (Å²) in [5.41, 5.74) is 6.69. The van der Waals surface area contributed by atoms with Gasteiger partial charge in [0.1, 0.15) is 5.75 Å². The predicted octanol–water partition coefficient (Wildman–Crippen LogP) is 0.959. The van der Waals surface area contributed by atoms with Crippen LogP contribution in [0.1, 0.15) is 16.8 Å². The van der Waals surface area contributed by atoms with Crippen LogP contribution in [0.15, 0.2) is 18.2 Å². The number of anilines is 1. The van der Waals surface area contributed by atoms with E-state index in [1.165, 1.54) is 0 Å². The maximum Gasteiger partial charge on any atom is 0.253 e. The number of carbonyl (C=O) groups excluding carboxylic acids is 1. The minimum Gasteiger partial charge on any atom is -0.497 e. The molecule has 0 unspecified atom stereocenters. The molecule has 18 heavy (non-hydrogen) atoms. The largest absolute Gasteiger partial charge is 0.497 e. The van der Waals surface area contributed by atoms with Crippen LogP contribution < -0.4 is 15.8 Å². The molecule has 0 fully saturated rings. The summed E-state index contributed by atoms with van der Waals surface area (Å²) in [4.78, 5) is 14.0.